The summed E-state index contributed by atoms with van der Waals surface area (Å²) < 4.78 is 2.36. The molecule has 0 saturated heterocycles. The summed E-state index contributed by atoms with van der Waals surface area (Å²) in [7, 11) is 0. The Morgan fingerprint density at radius 2 is 1.30 bits per heavy atom. The third kappa shape index (κ3) is 3.12. The highest BCUT2D eigenvalue weighted by Crippen LogP contribution is 2.50. The Kier molecular flexibility index (Phi) is 4.89. The van der Waals surface area contributed by atoms with Crippen LogP contribution in [0.4, 0.5) is 11.4 Å². The van der Waals surface area contributed by atoms with Crippen molar-refractivity contribution in [2.24, 2.45) is 0 Å². The summed E-state index contributed by atoms with van der Waals surface area (Å²) in [6.07, 6.45) is 3.93. The molecule has 2 aliphatic rings. The fourth-order valence-electron chi connectivity index (χ4n) is 6.54. The Labute approximate surface area is 233 Å². The molecule has 1 atom stereocenters. The summed E-state index contributed by atoms with van der Waals surface area (Å²) in [5, 5.41) is 6.27. The van der Waals surface area contributed by atoms with Crippen LogP contribution in [0.3, 0.4) is 0 Å². The van der Waals surface area contributed by atoms with E-state index in [1.54, 1.807) is 0 Å². The maximum Gasteiger partial charge on any atom is 0.131 e. The van der Waals surface area contributed by atoms with Gasteiger partial charge in [0.15, 0.2) is 0 Å². The molecular formula is C37H27N3. The van der Waals surface area contributed by atoms with E-state index in [4.69, 9.17) is 0 Å². The van der Waals surface area contributed by atoms with Crippen molar-refractivity contribution in [2.45, 2.75) is 6.17 Å². The van der Waals surface area contributed by atoms with Crippen LogP contribution in [0, 0.1) is 0 Å². The van der Waals surface area contributed by atoms with Gasteiger partial charge in [-0.15, -0.1) is 0 Å². The van der Waals surface area contributed by atoms with Gasteiger partial charge in [-0.1, -0.05) is 92.0 Å². The van der Waals surface area contributed by atoms with Crippen LogP contribution in [0.15, 0.2) is 146 Å². The Morgan fingerprint density at radius 3 is 2.00 bits per heavy atom. The summed E-state index contributed by atoms with van der Waals surface area (Å²) in [5.41, 5.74) is 12.9. The van der Waals surface area contributed by atoms with Crippen LogP contribution in [0.5, 0.6) is 0 Å². The smallest absolute Gasteiger partial charge is 0.131 e. The van der Waals surface area contributed by atoms with E-state index in [0.29, 0.717) is 0 Å². The molecule has 3 nitrogen and oxygen atoms in total. The second kappa shape index (κ2) is 8.62. The number of nitrogens with zero attached hydrogens (tertiary/aromatic N) is 2. The van der Waals surface area contributed by atoms with E-state index in [1.165, 1.54) is 44.1 Å². The zero-order valence-corrected chi connectivity index (χ0v) is 22.0. The molecule has 3 heteroatoms. The number of para-hydroxylation sites is 4. The average molecular weight is 514 g/mol. The number of allylic oxidation sites excluding steroid dienone is 3. The fraction of sp³-hybridized carbons (Fsp3) is 0.0270. The lowest BCUT2D eigenvalue weighted by Gasteiger charge is -2.35. The van der Waals surface area contributed by atoms with Gasteiger partial charge >= 0.3 is 0 Å². The molecule has 8 rings (SSSR count). The zero-order chi connectivity index (χ0) is 26.8. The SMILES string of the molecule is C=CC1=C(C=C)N2c3ccccc3NC2c2ccc(-c3ccc(-n4c5ccccc5c5ccccc54)cc3)cc21. The predicted octanol–water partition coefficient (Wildman–Crippen LogP) is 9.48. The van der Waals surface area contributed by atoms with Gasteiger partial charge in [0, 0.05) is 27.6 Å². The van der Waals surface area contributed by atoms with Gasteiger partial charge in [-0.3, -0.25) is 0 Å². The van der Waals surface area contributed by atoms with Crippen molar-refractivity contribution in [2.75, 3.05) is 10.2 Å². The molecular weight excluding hydrogens is 486 g/mol. The molecule has 6 aromatic rings. The number of rotatable bonds is 4. The highest BCUT2D eigenvalue weighted by Gasteiger charge is 2.37. The third-order valence-corrected chi connectivity index (χ3v) is 8.32. The lowest BCUT2D eigenvalue weighted by atomic mass is 9.88. The van der Waals surface area contributed by atoms with Gasteiger partial charge in [-0.25, -0.2) is 0 Å². The lowest BCUT2D eigenvalue weighted by molar-refractivity contribution is 0.788. The highest BCUT2D eigenvalue weighted by atomic mass is 15.3. The molecule has 0 aliphatic carbocycles. The Bertz CT molecular complexity index is 1970. The first kappa shape index (κ1) is 22.7. The predicted molar refractivity (Wildman–Crippen MR) is 169 cm³/mol. The molecule has 0 amide bonds. The molecule has 1 N–H and O–H groups in total. The van der Waals surface area contributed by atoms with Crippen LogP contribution < -0.4 is 10.2 Å². The first-order valence-corrected chi connectivity index (χ1v) is 13.6. The average Bonchev–Trinajstić information content (AvgIpc) is 3.57. The minimum Gasteiger partial charge on any atom is -0.359 e. The van der Waals surface area contributed by atoms with Crippen molar-refractivity contribution < 1.29 is 0 Å². The second-order valence-corrected chi connectivity index (χ2v) is 10.4. The maximum absolute atomic E-state index is 4.19. The van der Waals surface area contributed by atoms with E-state index in [1.807, 2.05) is 12.2 Å². The van der Waals surface area contributed by atoms with Crippen LogP contribution in [0.25, 0.3) is 44.2 Å². The molecule has 3 heterocycles. The van der Waals surface area contributed by atoms with Gasteiger partial charge in [0.2, 0.25) is 0 Å². The number of hydrogen-bond donors (Lipinski definition) is 1. The van der Waals surface area contributed by atoms with Crippen LogP contribution in [-0.2, 0) is 0 Å². The molecule has 0 radical (unpaired) electrons. The summed E-state index contributed by atoms with van der Waals surface area (Å²) in [5.74, 6) is 0. The van der Waals surface area contributed by atoms with Crippen molar-refractivity contribution in [3.05, 3.63) is 157 Å². The quantitative estimate of drug-likeness (QED) is 0.253. The molecule has 5 aromatic carbocycles. The molecule has 0 fully saturated rings. The molecule has 0 bridgehead atoms. The monoisotopic (exact) mass is 513 g/mol. The van der Waals surface area contributed by atoms with Crippen molar-refractivity contribution in [1.29, 1.82) is 0 Å². The summed E-state index contributed by atoms with van der Waals surface area (Å²) in [6, 6.07) is 41.4. The van der Waals surface area contributed by atoms with Crippen LogP contribution in [0.2, 0.25) is 0 Å². The van der Waals surface area contributed by atoms with Crippen LogP contribution >= 0.6 is 0 Å². The first-order valence-electron chi connectivity index (χ1n) is 13.6. The normalized spacial score (nSPS) is 15.5. The highest BCUT2D eigenvalue weighted by molar-refractivity contribution is 6.09. The Morgan fingerprint density at radius 1 is 0.650 bits per heavy atom. The molecule has 0 spiro atoms. The van der Waals surface area contributed by atoms with Crippen molar-refractivity contribution in [3.8, 4) is 16.8 Å². The molecule has 1 aromatic heterocycles. The number of nitrogens with one attached hydrogen (secondary N) is 1. The summed E-state index contributed by atoms with van der Waals surface area (Å²) >= 11 is 0. The van der Waals surface area contributed by atoms with Gasteiger partial charge in [-0.2, -0.15) is 0 Å². The van der Waals surface area contributed by atoms with E-state index in [0.717, 1.165) is 28.3 Å². The van der Waals surface area contributed by atoms with E-state index >= 15 is 0 Å². The zero-order valence-electron chi connectivity index (χ0n) is 22.0. The van der Waals surface area contributed by atoms with Crippen molar-refractivity contribution >= 4 is 38.8 Å². The maximum atomic E-state index is 4.19. The molecule has 0 saturated carbocycles. The topological polar surface area (TPSA) is 20.2 Å². The molecule has 40 heavy (non-hydrogen) atoms. The fourth-order valence-corrected chi connectivity index (χ4v) is 6.54. The van der Waals surface area contributed by atoms with Crippen LogP contribution in [0.1, 0.15) is 17.3 Å². The van der Waals surface area contributed by atoms with Gasteiger partial charge in [-0.05, 0) is 65.2 Å². The largest absolute Gasteiger partial charge is 0.359 e. The summed E-state index contributed by atoms with van der Waals surface area (Å²) in [6.45, 7) is 8.36. The molecule has 190 valence electrons. The second-order valence-electron chi connectivity index (χ2n) is 10.4. The molecule has 2 aliphatic heterocycles. The van der Waals surface area contributed by atoms with Crippen molar-refractivity contribution in [1.82, 2.24) is 4.57 Å². The van der Waals surface area contributed by atoms with Gasteiger partial charge < -0.3 is 14.8 Å². The number of aromatic nitrogens is 1. The van der Waals surface area contributed by atoms with Gasteiger partial charge in [0.1, 0.15) is 6.17 Å². The number of anilines is 2. The van der Waals surface area contributed by atoms with E-state index in [2.05, 4.69) is 143 Å². The van der Waals surface area contributed by atoms with E-state index < -0.39 is 0 Å². The summed E-state index contributed by atoms with van der Waals surface area (Å²) in [4.78, 5) is 2.34. The minimum absolute atomic E-state index is 0.0239. The van der Waals surface area contributed by atoms with E-state index in [-0.39, 0.29) is 6.17 Å². The van der Waals surface area contributed by atoms with Crippen LogP contribution in [-0.4, -0.2) is 4.57 Å². The third-order valence-electron chi connectivity index (χ3n) is 8.32. The minimum atomic E-state index is 0.0239. The number of benzene rings is 5. The van der Waals surface area contributed by atoms with Crippen molar-refractivity contribution in [3.63, 3.8) is 0 Å². The molecule has 1 unspecified atom stereocenters. The van der Waals surface area contributed by atoms with E-state index in [9.17, 15) is 0 Å². The van der Waals surface area contributed by atoms with Gasteiger partial charge in [0.05, 0.1) is 28.1 Å². The lowest BCUT2D eigenvalue weighted by Crippen LogP contribution is -2.31. The Hall–Kier alpha value is -5.28. The first-order chi connectivity index (χ1) is 19.8. The standard InChI is InChI=1S/C37H27N3/c1-3-27-31-23-25(19-22-30(31)37-38-32-13-7-10-16-36(32)40(37)33(27)4-2)24-17-20-26(21-18-24)39-34-14-8-5-11-28(34)29-12-6-9-15-35(29)39/h3-23,37-38H,1-2H2. The number of hydrogen-bond acceptors (Lipinski definition) is 2. The number of fused-ring (bicyclic) bond motifs is 8. The van der Waals surface area contributed by atoms with Gasteiger partial charge in [0.25, 0.3) is 0 Å². The Balaban J connectivity index is 1.23.